The quantitative estimate of drug-likeness (QED) is 0.877. The van der Waals surface area contributed by atoms with Crippen LogP contribution in [0.3, 0.4) is 0 Å². The molecule has 19 heavy (non-hydrogen) atoms. The van der Waals surface area contributed by atoms with Gasteiger partial charge in [-0.05, 0) is 43.7 Å². The zero-order chi connectivity index (χ0) is 14.0. The Bertz CT molecular complexity index is 568. The van der Waals surface area contributed by atoms with Crippen molar-refractivity contribution in [2.24, 2.45) is 5.73 Å². The first-order chi connectivity index (χ1) is 8.97. The zero-order valence-electron chi connectivity index (χ0n) is 10.7. The van der Waals surface area contributed by atoms with Gasteiger partial charge in [-0.15, -0.1) is 11.3 Å². The van der Waals surface area contributed by atoms with E-state index in [0.29, 0.717) is 5.02 Å². The van der Waals surface area contributed by atoms with Crippen LogP contribution in [0.1, 0.15) is 23.5 Å². The van der Waals surface area contributed by atoms with Crippen molar-refractivity contribution < 1.29 is 4.74 Å². The molecule has 0 radical (unpaired) electrons. The number of hydrogen-bond acceptors (Lipinski definition) is 3. The summed E-state index contributed by atoms with van der Waals surface area (Å²) in [5, 5.41) is 0.647. The van der Waals surface area contributed by atoms with Crippen LogP contribution >= 0.6 is 34.5 Å². The number of nitrogens with two attached hydrogens (primary N) is 1. The molecule has 2 nitrogen and oxygen atoms in total. The molecule has 0 saturated carbocycles. The summed E-state index contributed by atoms with van der Waals surface area (Å²) in [4.78, 5) is 1.01. The molecule has 0 amide bonds. The highest BCUT2D eigenvalue weighted by Crippen LogP contribution is 2.33. The van der Waals surface area contributed by atoms with Crippen LogP contribution in [0, 0.1) is 6.92 Å². The monoisotopic (exact) mass is 315 g/mol. The molecule has 2 rings (SSSR count). The second-order valence-electron chi connectivity index (χ2n) is 4.45. The maximum atomic E-state index is 6.03. The van der Waals surface area contributed by atoms with Crippen molar-refractivity contribution in [1.82, 2.24) is 0 Å². The average Bonchev–Trinajstić information content (AvgIpc) is 2.76. The fourth-order valence-corrected chi connectivity index (χ4v) is 3.11. The SMILES string of the molecule is Cc1ccc(Cl)cc1OC(c1ccc(Cl)s1)C(C)N. The van der Waals surface area contributed by atoms with E-state index in [9.17, 15) is 0 Å². The van der Waals surface area contributed by atoms with Gasteiger partial charge in [0.05, 0.1) is 4.34 Å². The van der Waals surface area contributed by atoms with Gasteiger partial charge in [0, 0.05) is 15.9 Å². The minimum absolute atomic E-state index is 0.145. The molecule has 1 aromatic carbocycles. The molecular weight excluding hydrogens is 301 g/mol. The van der Waals surface area contributed by atoms with Crippen LogP contribution in [0.4, 0.5) is 0 Å². The number of benzene rings is 1. The van der Waals surface area contributed by atoms with E-state index < -0.39 is 0 Å². The van der Waals surface area contributed by atoms with Crippen LogP contribution in [-0.2, 0) is 0 Å². The Morgan fingerprint density at radius 1 is 1.21 bits per heavy atom. The molecule has 0 aliphatic rings. The lowest BCUT2D eigenvalue weighted by molar-refractivity contribution is 0.183. The molecule has 2 aromatic rings. The molecule has 5 heteroatoms. The molecule has 0 aliphatic heterocycles. The van der Waals surface area contributed by atoms with Crippen LogP contribution in [-0.4, -0.2) is 6.04 Å². The van der Waals surface area contributed by atoms with Gasteiger partial charge in [0.15, 0.2) is 0 Å². The van der Waals surface area contributed by atoms with Gasteiger partial charge in [0.1, 0.15) is 11.9 Å². The largest absolute Gasteiger partial charge is 0.483 e. The van der Waals surface area contributed by atoms with Gasteiger partial charge < -0.3 is 10.5 Å². The predicted octanol–water partition coefficient (Wildman–Crippen LogP) is 4.83. The summed E-state index contributed by atoms with van der Waals surface area (Å²) < 4.78 is 6.76. The molecular formula is C14H15Cl2NOS. The fourth-order valence-electron chi connectivity index (χ4n) is 1.74. The molecule has 102 valence electrons. The summed E-state index contributed by atoms with van der Waals surface area (Å²) >= 11 is 13.5. The van der Waals surface area contributed by atoms with Gasteiger partial charge >= 0.3 is 0 Å². The molecule has 0 fully saturated rings. The standard InChI is InChI=1S/C14H15Cl2NOS/c1-8-3-4-10(15)7-11(8)18-14(9(2)17)12-5-6-13(16)19-12/h3-7,9,14H,17H2,1-2H3. The summed E-state index contributed by atoms with van der Waals surface area (Å²) in [7, 11) is 0. The second kappa shape index (κ2) is 6.14. The predicted molar refractivity (Wildman–Crippen MR) is 82.5 cm³/mol. The van der Waals surface area contributed by atoms with Gasteiger partial charge in [0.2, 0.25) is 0 Å². The lowest BCUT2D eigenvalue weighted by Gasteiger charge is -2.22. The van der Waals surface area contributed by atoms with E-state index in [-0.39, 0.29) is 12.1 Å². The first-order valence-electron chi connectivity index (χ1n) is 5.91. The minimum Gasteiger partial charge on any atom is -0.483 e. The Kier molecular flexibility index (Phi) is 4.74. The lowest BCUT2D eigenvalue weighted by Crippen LogP contribution is -2.28. The van der Waals surface area contributed by atoms with Crippen LogP contribution in [0.15, 0.2) is 30.3 Å². The van der Waals surface area contributed by atoms with Crippen molar-refractivity contribution >= 4 is 34.5 Å². The number of hydrogen-bond donors (Lipinski definition) is 1. The van der Waals surface area contributed by atoms with Crippen LogP contribution in [0.25, 0.3) is 0 Å². The van der Waals surface area contributed by atoms with Gasteiger partial charge in [-0.1, -0.05) is 29.3 Å². The number of thiophene rings is 1. The van der Waals surface area contributed by atoms with Crippen molar-refractivity contribution in [2.45, 2.75) is 26.0 Å². The average molecular weight is 316 g/mol. The van der Waals surface area contributed by atoms with E-state index >= 15 is 0 Å². The zero-order valence-corrected chi connectivity index (χ0v) is 13.0. The Morgan fingerprint density at radius 3 is 2.53 bits per heavy atom. The molecule has 0 spiro atoms. The van der Waals surface area contributed by atoms with E-state index in [0.717, 1.165) is 20.5 Å². The number of halogens is 2. The minimum atomic E-state index is -0.227. The molecule has 0 saturated heterocycles. The first kappa shape index (κ1) is 14.7. The lowest BCUT2D eigenvalue weighted by atomic mass is 10.1. The molecule has 2 atom stereocenters. The molecule has 2 unspecified atom stereocenters. The maximum Gasteiger partial charge on any atom is 0.148 e. The van der Waals surface area contributed by atoms with Crippen molar-refractivity contribution in [3.8, 4) is 5.75 Å². The van der Waals surface area contributed by atoms with Crippen molar-refractivity contribution in [3.63, 3.8) is 0 Å². The van der Waals surface area contributed by atoms with Gasteiger partial charge in [-0.25, -0.2) is 0 Å². The van der Waals surface area contributed by atoms with Crippen LogP contribution in [0.5, 0.6) is 5.75 Å². The van der Waals surface area contributed by atoms with Gasteiger partial charge in [-0.3, -0.25) is 0 Å². The van der Waals surface area contributed by atoms with E-state index in [1.165, 1.54) is 11.3 Å². The van der Waals surface area contributed by atoms with E-state index in [1.807, 2.05) is 44.2 Å². The first-order valence-corrected chi connectivity index (χ1v) is 7.48. The third-order valence-corrected chi connectivity index (χ3v) is 4.28. The highest BCUT2D eigenvalue weighted by atomic mass is 35.5. The molecule has 1 aromatic heterocycles. The summed E-state index contributed by atoms with van der Waals surface area (Å²) in [5.74, 6) is 0.749. The second-order valence-corrected chi connectivity index (χ2v) is 6.63. The molecule has 2 N–H and O–H groups in total. The number of ether oxygens (including phenoxy) is 1. The maximum absolute atomic E-state index is 6.03. The van der Waals surface area contributed by atoms with Crippen molar-refractivity contribution in [3.05, 3.63) is 50.1 Å². The third-order valence-electron chi connectivity index (χ3n) is 2.76. The summed E-state index contributed by atoms with van der Waals surface area (Å²) in [6.07, 6.45) is -0.227. The van der Waals surface area contributed by atoms with Gasteiger partial charge in [-0.2, -0.15) is 0 Å². The van der Waals surface area contributed by atoms with Crippen molar-refractivity contribution in [1.29, 1.82) is 0 Å². The molecule has 0 bridgehead atoms. The van der Waals surface area contributed by atoms with E-state index in [4.69, 9.17) is 33.7 Å². The fraction of sp³-hybridized carbons (Fsp3) is 0.286. The topological polar surface area (TPSA) is 35.2 Å². The van der Waals surface area contributed by atoms with Gasteiger partial charge in [0.25, 0.3) is 0 Å². The normalized spacial score (nSPS) is 14.2. The third kappa shape index (κ3) is 3.63. The van der Waals surface area contributed by atoms with Crippen LogP contribution in [0.2, 0.25) is 9.36 Å². The number of rotatable bonds is 4. The van der Waals surface area contributed by atoms with Crippen molar-refractivity contribution in [2.75, 3.05) is 0 Å². The van der Waals surface area contributed by atoms with Crippen LogP contribution < -0.4 is 10.5 Å². The van der Waals surface area contributed by atoms with E-state index in [2.05, 4.69) is 0 Å². The Morgan fingerprint density at radius 2 is 1.95 bits per heavy atom. The highest BCUT2D eigenvalue weighted by Gasteiger charge is 2.21. The van der Waals surface area contributed by atoms with E-state index in [1.54, 1.807) is 0 Å². The highest BCUT2D eigenvalue weighted by molar-refractivity contribution is 7.16. The summed E-state index contributed by atoms with van der Waals surface area (Å²) in [5.41, 5.74) is 7.05. The Labute approximate surface area is 127 Å². The number of aryl methyl sites for hydroxylation is 1. The Hall–Kier alpha value is -0.740. The Balaban J connectivity index is 2.29. The molecule has 1 heterocycles. The molecule has 0 aliphatic carbocycles. The summed E-state index contributed by atoms with van der Waals surface area (Å²) in [6, 6.07) is 9.23. The summed E-state index contributed by atoms with van der Waals surface area (Å²) in [6.45, 7) is 3.89. The smallest absolute Gasteiger partial charge is 0.148 e.